The molecule has 0 saturated carbocycles. The molecule has 2 aromatic heterocycles. The van der Waals surface area contributed by atoms with Crippen LogP contribution in [0.15, 0.2) is 24.5 Å². The van der Waals surface area contributed by atoms with E-state index >= 15 is 0 Å². The summed E-state index contributed by atoms with van der Waals surface area (Å²) in [6, 6.07) is 3.97. The normalized spacial score (nSPS) is 12.3. The second kappa shape index (κ2) is 6.70. The second-order valence-corrected chi connectivity index (χ2v) is 6.30. The SMILES string of the molecule is CCCc1cc(C(=O)N[C@H](C)Cn2cccn2)sc1C. The van der Waals surface area contributed by atoms with Gasteiger partial charge in [-0.15, -0.1) is 11.3 Å². The van der Waals surface area contributed by atoms with Gasteiger partial charge in [0.2, 0.25) is 0 Å². The molecule has 5 heteroatoms. The van der Waals surface area contributed by atoms with Crippen molar-refractivity contribution >= 4 is 17.2 Å². The highest BCUT2D eigenvalue weighted by atomic mass is 32.1. The lowest BCUT2D eigenvalue weighted by molar-refractivity contribution is 0.0940. The molecule has 0 fully saturated rings. The van der Waals surface area contributed by atoms with Gasteiger partial charge in [-0.05, 0) is 38.0 Å². The summed E-state index contributed by atoms with van der Waals surface area (Å²) in [5.74, 6) is 0.0140. The molecule has 108 valence electrons. The maximum absolute atomic E-state index is 12.2. The smallest absolute Gasteiger partial charge is 0.261 e. The van der Waals surface area contributed by atoms with Crippen LogP contribution in [0.1, 0.15) is 40.4 Å². The quantitative estimate of drug-likeness (QED) is 0.889. The zero-order chi connectivity index (χ0) is 14.5. The molecule has 0 aliphatic rings. The summed E-state index contributed by atoms with van der Waals surface area (Å²) in [4.78, 5) is 14.3. The number of hydrogen-bond acceptors (Lipinski definition) is 3. The first-order valence-corrected chi connectivity index (χ1v) is 7.79. The van der Waals surface area contributed by atoms with Crippen molar-refractivity contribution < 1.29 is 4.79 Å². The van der Waals surface area contributed by atoms with E-state index in [4.69, 9.17) is 0 Å². The van der Waals surface area contributed by atoms with Gasteiger partial charge in [0, 0.05) is 23.3 Å². The van der Waals surface area contributed by atoms with E-state index in [1.807, 2.05) is 29.9 Å². The second-order valence-electron chi connectivity index (χ2n) is 5.04. The first-order chi connectivity index (χ1) is 9.60. The number of nitrogens with zero attached hydrogens (tertiary/aromatic N) is 2. The molecule has 2 aromatic rings. The van der Waals surface area contributed by atoms with Gasteiger partial charge in [0.15, 0.2) is 0 Å². The van der Waals surface area contributed by atoms with Gasteiger partial charge in [0.1, 0.15) is 0 Å². The fourth-order valence-corrected chi connectivity index (χ4v) is 3.15. The van der Waals surface area contributed by atoms with Crippen molar-refractivity contribution in [3.8, 4) is 0 Å². The van der Waals surface area contributed by atoms with Crippen molar-refractivity contribution in [1.82, 2.24) is 15.1 Å². The van der Waals surface area contributed by atoms with E-state index in [1.165, 1.54) is 10.4 Å². The van der Waals surface area contributed by atoms with Crippen molar-refractivity contribution in [3.05, 3.63) is 39.8 Å². The molecule has 20 heavy (non-hydrogen) atoms. The number of aryl methyl sites for hydroxylation is 2. The van der Waals surface area contributed by atoms with E-state index in [0.717, 1.165) is 17.7 Å². The molecule has 1 N–H and O–H groups in total. The number of amides is 1. The minimum absolute atomic E-state index is 0.0140. The third kappa shape index (κ3) is 3.70. The Balaban J connectivity index is 1.95. The molecule has 0 saturated heterocycles. The minimum Gasteiger partial charge on any atom is -0.347 e. The summed E-state index contributed by atoms with van der Waals surface area (Å²) in [5.41, 5.74) is 1.29. The predicted octanol–water partition coefficient (Wildman–Crippen LogP) is 3.02. The van der Waals surface area contributed by atoms with Gasteiger partial charge < -0.3 is 5.32 Å². The van der Waals surface area contributed by atoms with Crippen LogP contribution in [0, 0.1) is 6.92 Å². The Kier molecular flexibility index (Phi) is 4.95. The monoisotopic (exact) mass is 291 g/mol. The lowest BCUT2D eigenvalue weighted by atomic mass is 10.1. The highest BCUT2D eigenvalue weighted by molar-refractivity contribution is 7.14. The fourth-order valence-electron chi connectivity index (χ4n) is 2.18. The van der Waals surface area contributed by atoms with E-state index in [9.17, 15) is 4.79 Å². The number of thiophene rings is 1. The Bertz CT molecular complexity index is 560. The molecular weight excluding hydrogens is 270 g/mol. The molecule has 0 bridgehead atoms. The average molecular weight is 291 g/mol. The molecule has 4 nitrogen and oxygen atoms in total. The summed E-state index contributed by atoms with van der Waals surface area (Å²) in [6.45, 7) is 6.92. The maximum atomic E-state index is 12.2. The van der Waals surface area contributed by atoms with Crippen LogP contribution < -0.4 is 5.32 Å². The minimum atomic E-state index is 0.0140. The van der Waals surface area contributed by atoms with E-state index < -0.39 is 0 Å². The van der Waals surface area contributed by atoms with Crippen LogP contribution >= 0.6 is 11.3 Å². The van der Waals surface area contributed by atoms with Gasteiger partial charge in [-0.2, -0.15) is 5.10 Å². The molecule has 1 atom stereocenters. The molecular formula is C15H21N3OS. The van der Waals surface area contributed by atoms with Crippen LogP contribution in [0.2, 0.25) is 0 Å². The van der Waals surface area contributed by atoms with Crippen molar-refractivity contribution in [1.29, 1.82) is 0 Å². The Morgan fingerprint density at radius 3 is 3.00 bits per heavy atom. The van der Waals surface area contributed by atoms with Gasteiger partial charge in [-0.25, -0.2) is 0 Å². The maximum Gasteiger partial charge on any atom is 0.261 e. The average Bonchev–Trinajstić information content (AvgIpc) is 3.00. The van der Waals surface area contributed by atoms with Crippen molar-refractivity contribution in [2.24, 2.45) is 0 Å². The number of carbonyl (C=O) groups is 1. The van der Waals surface area contributed by atoms with E-state index in [1.54, 1.807) is 17.5 Å². The Hall–Kier alpha value is -1.62. The number of rotatable bonds is 6. The Labute approximate surface area is 123 Å². The lowest BCUT2D eigenvalue weighted by Crippen LogP contribution is -2.35. The van der Waals surface area contributed by atoms with Crippen LogP contribution in [0.5, 0.6) is 0 Å². The molecule has 2 rings (SSSR count). The standard InChI is InChI=1S/C15H21N3OS/c1-4-6-13-9-14(20-12(13)3)15(19)17-11(2)10-18-8-5-7-16-18/h5,7-9,11H,4,6,10H2,1-3H3,(H,17,19)/t11-/m1/s1. The highest BCUT2D eigenvalue weighted by Crippen LogP contribution is 2.22. The summed E-state index contributed by atoms with van der Waals surface area (Å²) in [6.07, 6.45) is 5.79. The van der Waals surface area contributed by atoms with Crippen molar-refractivity contribution in [3.63, 3.8) is 0 Å². The predicted molar refractivity (Wildman–Crippen MR) is 82.2 cm³/mol. The summed E-state index contributed by atoms with van der Waals surface area (Å²) in [5, 5.41) is 7.17. The van der Waals surface area contributed by atoms with Crippen LogP contribution in [-0.4, -0.2) is 21.7 Å². The molecule has 0 spiro atoms. The highest BCUT2D eigenvalue weighted by Gasteiger charge is 2.14. The molecule has 1 amide bonds. The third-order valence-corrected chi connectivity index (χ3v) is 4.25. The first kappa shape index (κ1) is 14.8. The fraction of sp³-hybridized carbons (Fsp3) is 0.467. The van der Waals surface area contributed by atoms with Crippen molar-refractivity contribution in [2.45, 2.75) is 46.2 Å². The van der Waals surface area contributed by atoms with E-state index in [-0.39, 0.29) is 11.9 Å². The van der Waals surface area contributed by atoms with Crippen molar-refractivity contribution in [2.75, 3.05) is 0 Å². The van der Waals surface area contributed by atoms with Crippen LogP contribution in [0.25, 0.3) is 0 Å². The number of hydrogen-bond donors (Lipinski definition) is 1. The zero-order valence-corrected chi connectivity index (χ0v) is 13.0. The van der Waals surface area contributed by atoms with Crippen LogP contribution in [0.3, 0.4) is 0 Å². The number of carbonyl (C=O) groups excluding carboxylic acids is 1. The summed E-state index contributed by atoms with van der Waals surface area (Å²) < 4.78 is 1.83. The first-order valence-electron chi connectivity index (χ1n) is 6.97. The molecule has 2 heterocycles. The Morgan fingerprint density at radius 2 is 2.35 bits per heavy atom. The van der Waals surface area contributed by atoms with Gasteiger partial charge in [0.05, 0.1) is 11.4 Å². The Morgan fingerprint density at radius 1 is 1.55 bits per heavy atom. The topological polar surface area (TPSA) is 46.9 Å². The van der Waals surface area contributed by atoms with Gasteiger partial charge in [0.25, 0.3) is 5.91 Å². The summed E-state index contributed by atoms with van der Waals surface area (Å²) >= 11 is 1.58. The number of nitrogens with one attached hydrogen (secondary N) is 1. The molecule has 0 radical (unpaired) electrons. The van der Waals surface area contributed by atoms with Gasteiger partial charge >= 0.3 is 0 Å². The molecule has 0 aliphatic carbocycles. The van der Waals surface area contributed by atoms with Crippen LogP contribution in [0.4, 0.5) is 0 Å². The zero-order valence-electron chi connectivity index (χ0n) is 12.2. The molecule has 0 unspecified atom stereocenters. The van der Waals surface area contributed by atoms with E-state index in [2.05, 4.69) is 24.3 Å². The van der Waals surface area contributed by atoms with Gasteiger partial charge in [-0.1, -0.05) is 13.3 Å². The van der Waals surface area contributed by atoms with Gasteiger partial charge in [-0.3, -0.25) is 9.48 Å². The summed E-state index contributed by atoms with van der Waals surface area (Å²) in [7, 11) is 0. The molecule has 0 aliphatic heterocycles. The number of aromatic nitrogens is 2. The van der Waals surface area contributed by atoms with E-state index in [0.29, 0.717) is 6.54 Å². The molecule has 0 aromatic carbocycles. The largest absolute Gasteiger partial charge is 0.347 e. The third-order valence-electron chi connectivity index (χ3n) is 3.16. The van der Waals surface area contributed by atoms with Crippen LogP contribution in [-0.2, 0) is 13.0 Å². The lowest BCUT2D eigenvalue weighted by Gasteiger charge is -2.13.